The Morgan fingerprint density at radius 1 is 1.23 bits per heavy atom. The van der Waals surface area contributed by atoms with Crippen LogP contribution in [0.15, 0.2) is 35.8 Å². The SMILES string of the molecule is CC(C(=O)N1CCN(c2ncnc3c2[C@H](C#N)CC3N=O)CC1)c1ccc(Cl)cc1. The number of aromatic nitrogens is 2. The average Bonchev–Trinajstić information content (AvgIpc) is 3.17. The van der Waals surface area contributed by atoms with Crippen LogP contribution in [0.4, 0.5) is 5.82 Å². The Kier molecular flexibility index (Phi) is 5.64. The summed E-state index contributed by atoms with van der Waals surface area (Å²) in [6, 6.07) is 8.99. The molecule has 2 heterocycles. The van der Waals surface area contributed by atoms with Gasteiger partial charge in [0.15, 0.2) is 0 Å². The standard InChI is InChI=1S/C21H21ClN6O2/c1-13(14-2-4-16(22)5-3-14)21(29)28-8-6-27(7-9-28)20-18-15(11-23)10-17(26-30)19(18)24-12-25-20/h2-5,12-13,15,17H,6-10H2,1H3/t13?,15-,17?/m0/s1. The molecule has 8 nitrogen and oxygen atoms in total. The Morgan fingerprint density at radius 3 is 2.57 bits per heavy atom. The number of carbonyl (C=O) groups excluding carboxylic acids is 1. The molecule has 1 saturated heterocycles. The zero-order valence-electron chi connectivity index (χ0n) is 16.5. The number of nitrogens with zero attached hydrogens (tertiary/aromatic N) is 6. The molecule has 0 radical (unpaired) electrons. The zero-order chi connectivity index (χ0) is 21.3. The van der Waals surface area contributed by atoms with Crippen molar-refractivity contribution >= 4 is 23.3 Å². The molecule has 1 aliphatic carbocycles. The summed E-state index contributed by atoms with van der Waals surface area (Å²) in [7, 11) is 0. The predicted molar refractivity (Wildman–Crippen MR) is 112 cm³/mol. The van der Waals surface area contributed by atoms with Gasteiger partial charge in [-0.05, 0) is 31.0 Å². The van der Waals surface area contributed by atoms with Gasteiger partial charge in [-0.15, -0.1) is 0 Å². The van der Waals surface area contributed by atoms with Crippen molar-refractivity contribution in [2.24, 2.45) is 5.18 Å². The van der Waals surface area contributed by atoms with E-state index in [1.165, 1.54) is 6.33 Å². The lowest BCUT2D eigenvalue weighted by molar-refractivity contribution is -0.132. The lowest BCUT2D eigenvalue weighted by Gasteiger charge is -2.37. The average molecular weight is 425 g/mol. The number of benzene rings is 1. The Bertz CT molecular complexity index is 998. The van der Waals surface area contributed by atoms with Gasteiger partial charge in [-0.1, -0.05) is 28.9 Å². The van der Waals surface area contributed by atoms with Crippen LogP contribution >= 0.6 is 11.6 Å². The minimum Gasteiger partial charge on any atom is -0.353 e. The molecule has 2 aromatic rings. The van der Waals surface area contributed by atoms with E-state index in [-0.39, 0.29) is 11.8 Å². The highest BCUT2D eigenvalue weighted by molar-refractivity contribution is 6.30. The molecule has 9 heteroatoms. The summed E-state index contributed by atoms with van der Waals surface area (Å²) < 4.78 is 0. The van der Waals surface area contributed by atoms with E-state index in [0.29, 0.717) is 54.7 Å². The highest BCUT2D eigenvalue weighted by Crippen LogP contribution is 2.44. The normalized spacial score (nSPS) is 21.6. The van der Waals surface area contributed by atoms with E-state index in [1.807, 2.05) is 24.0 Å². The second-order valence-electron chi connectivity index (χ2n) is 7.62. The number of rotatable bonds is 4. The molecular formula is C21H21ClN6O2. The van der Waals surface area contributed by atoms with E-state index < -0.39 is 12.0 Å². The fourth-order valence-corrected chi connectivity index (χ4v) is 4.35. The highest BCUT2D eigenvalue weighted by atomic mass is 35.5. The number of fused-ring (bicyclic) bond motifs is 1. The minimum atomic E-state index is -0.602. The molecule has 154 valence electrons. The van der Waals surface area contributed by atoms with Crippen LogP contribution in [0.1, 0.15) is 48.0 Å². The number of hydrogen-bond donors (Lipinski definition) is 0. The lowest BCUT2D eigenvalue weighted by Crippen LogP contribution is -2.50. The maximum absolute atomic E-state index is 13.0. The molecule has 1 amide bonds. The molecule has 1 aromatic carbocycles. The van der Waals surface area contributed by atoms with Crippen LogP contribution in [0.2, 0.25) is 5.02 Å². The van der Waals surface area contributed by atoms with Crippen LogP contribution in [0.5, 0.6) is 0 Å². The van der Waals surface area contributed by atoms with E-state index in [2.05, 4.69) is 26.1 Å². The number of anilines is 1. The number of halogens is 1. The van der Waals surface area contributed by atoms with Crippen LogP contribution in [0, 0.1) is 16.2 Å². The summed E-state index contributed by atoms with van der Waals surface area (Å²) in [4.78, 5) is 36.6. The Balaban J connectivity index is 1.47. The van der Waals surface area contributed by atoms with Gasteiger partial charge < -0.3 is 9.80 Å². The van der Waals surface area contributed by atoms with Crippen molar-refractivity contribution in [2.75, 3.05) is 31.1 Å². The van der Waals surface area contributed by atoms with Crippen molar-refractivity contribution in [3.8, 4) is 6.07 Å². The molecule has 2 unspecified atom stereocenters. The smallest absolute Gasteiger partial charge is 0.229 e. The monoisotopic (exact) mass is 424 g/mol. The molecule has 30 heavy (non-hydrogen) atoms. The van der Waals surface area contributed by atoms with Crippen LogP contribution < -0.4 is 4.90 Å². The molecule has 1 aliphatic heterocycles. The fourth-order valence-electron chi connectivity index (χ4n) is 4.22. The zero-order valence-corrected chi connectivity index (χ0v) is 17.3. The van der Waals surface area contributed by atoms with Crippen LogP contribution in [0.3, 0.4) is 0 Å². The van der Waals surface area contributed by atoms with Gasteiger partial charge in [-0.25, -0.2) is 9.97 Å². The van der Waals surface area contributed by atoms with E-state index in [0.717, 1.165) is 5.56 Å². The Labute approximate surface area is 179 Å². The van der Waals surface area contributed by atoms with Gasteiger partial charge in [0.25, 0.3) is 0 Å². The number of hydrogen-bond acceptors (Lipinski definition) is 7. The summed E-state index contributed by atoms with van der Waals surface area (Å²) >= 11 is 5.94. The van der Waals surface area contributed by atoms with Gasteiger partial charge >= 0.3 is 0 Å². The molecular weight excluding hydrogens is 404 g/mol. The molecule has 0 bridgehead atoms. The molecule has 1 fully saturated rings. The Hall–Kier alpha value is -3.05. The first-order valence-corrected chi connectivity index (χ1v) is 10.3. The maximum atomic E-state index is 13.0. The van der Waals surface area contributed by atoms with E-state index >= 15 is 0 Å². The second-order valence-corrected chi connectivity index (χ2v) is 8.06. The number of piperazine rings is 1. The lowest BCUT2D eigenvalue weighted by atomic mass is 9.99. The first-order chi connectivity index (χ1) is 14.5. The summed E-state index contributed by atoms with van der Waals surface area (Å²) in [5.41, 5.74) is 2.19. The van der Waals surface area contributed by atoms with Gasteiger partial charge in [0.2, 0.25) is 5.91 Å². The Morgan fingerprint density at radius 2 is 1.93 bits per heavy atom. The van der Waals surface area contributed by atoms with Crippen LogP contribution in [-0.2, 0) is 4.79 Å². The third-order valence-electron chi connectivity index (χ3n) is 5.93. The number of nitriles is 1. The van der Waals surface area contributed by atoms with Crippen molar-refractivity contribution in [3.05, 3.63) is 57.3 Å². The molecule has 3 atom stereocenters. The van der Waals surface area contributed by atoms with E-state index in [1.54, 1.807) is 12.1 Å². The molecule has 0 spiro atoms. The molecule has 0 N–H and O–H groups in total. The van der Waals surface area contributed by atoms with Gasteiger partial charge in [0, 0.05) is 36.8 Å². The third-order valence-corrected chi connectivity index (χ3v) is 6.18. The van der Waals surface area contributed by atoms with Crippen molar-refractivity contribution in [3.63, 3.8) is 0 Å². The fraction of sp³-hybridized carbons (Fsp3) is 0.429. The van der Waals surface area contributed by atoms with Gasteiger partial charge in [0.1, 0.15) is 18.2 Å². The summed E-state index contributed by atoms with van der Waals surface area (Å²) in [5.74, 6) is 0.0588. The van der Waals surface area contributed by atoms with E-state index in [9.17, 15) is 15.0 Å². The minimum absolute atomic E-state index is 0.0741. The van der Waals surface area contributed by atoms with Crippen molar-refractivity contribution in [1.29, 1.82) is 5.26 Å². The van der Waals surface area contributed by atoms with Gasteiger partial charge in [-0.3, -0.25) is 4.79 Å². The maximum Gasteiger partial charge on any atom is 0.229 e. The predicted octanol–water partition coefficient (Wildman–Crippen LogP) is 3.40. The first-order valence-electron chi connectivity index (χ1n) is 9.89. The largest absolute Gasteiger partial charge is 0.353 e. The summed E-state index contributed by atoms with van der Waals surface area (Å²) in [5, 5.41) is 13.3. The molecule has 2 aliphatic rings. The van der Waals surface area contributed by atoms with Crippen molar-refractivity contribution in [1.82, 2.24) is 14.9 Å². The van der Waals surface area contributed by atoms with Crippen LogP contribution in [0.25, 0.3) is 0 Å². The van der Waals surface area contributed by atoms with Crippen molar-refractivity contribution < 1.29 is 4.79 Å². The molecule has 4 rings (SSSR count). The quantitative estimate of drug-likeness (QED) is 0.697. The molecule has 1 aromatic heterocycles. The summed E-state index contributed by atoms with van der Waals surface area (Å²) in [6.07, 6.45) is 1.77. The summed E-state index contributed by atoms with van der Waals surface area (Å²) in [6.45, 7) is 4.21. The highest BCUT2D eigenvalue weighted by Gasteiger charge is 2.38. The molecule has 0 saturated carbocycles. The van der Waals surface area contributed by atoms with E-state index in [4.69, 9.17) is 11.6 Å². The topological polar surface area (TPSA) is 103 Å². The third kappa shape index (κ3) is 3.61. The number of amides is 1. The second kappa shape index (κ2) is 8.36. The van der Waals surface area contributed by atoms with Gasteiger partial charge in [0.05, 0.1) is 23.6 Å². The number of nitroso groups, excluding NO2 is 1. The number of carbonyl (C=O) groups is 1. The van der Waals surface area contributed by atoms with Crippen LogP contribution in [-0.4, -0.2) is 47.0 Å². The first kappa shape index (κ1) is 20.2. The van der Waals surface area contributed by atoms with Gasteiger partial charge in [-0.2, -0.15) is 10.2 Å². The van der Waals surface area contributed by atoms with Crippen molar-refractivity contribution in [2.45, 2.75) is 31.2 Å².